The van der Waals surface area contributed by atoms with Crippen molar-refractivity contribution in [2.75, 3.05) is 10.8 Å². The van der Waals surface area contributed by atoms with Gasteiger partial charge < -0.3 is 5.32 Å². The number of rotatable bonds is 5. The van der Waals surface area contributed by atoms with Gasteiger partial charge in [-0.15, -0.1) is 0 Å². The third-order valence-electron chi connectivity index (χ3n) is 3.84. The number of para-hydroxylation sites is 1. The van der Waals surface area contributed by atoms with Crippen LogP contribution in [0.2, 0.25) is 0 Å². The highest BCUT2D eigenvalue weighted by atomic mass is 32.2. The molecule has 0 aliphatic rings. The lowest BCUT2D eigenvalue weighted by atomic mass is 10.1. The minimum absolute atomic E-state index is 0.143. The number of amides is 1. The van der Waals surface area contributed by atoms with Gasteiger partial charge in [0, 0.05) is 17.6 Å². The van der Waals surface area contributed by atoms with E-state index in [1.807, 2.05) is 26.8 Å². The first kappa shape index (κ1) is 20.0. The van der Waals surface area contributed by atoms with Gasteiger partial charge in [0.1, 0.15) is 0 Å². The summed E-state index contributed by atoms with van der Waals surface area (Å²) in [6.07, 6.45) is 0. The molecule has 1 N–H and O–H groups in total. The Balaban J connectivity index is 2.49. The molecule has 5 nitrogen and oxygen atoms in total. The van der Waals surface area contributed by atoms with E-state index in [9.17, 15) is 13.2 Å². The van der Waals surface area contributed by atoms with Gasteiger partial charge in [-0.2, -0.15) is 0 Å². The van der Waals surface area contributed by atoms with E-state index in [2.05, 4.69) is 5.32 Å². The maximum atomic E-state index is 13.2. The van der Waals surface area contributed by atoms with Crippen molar-refractivity contribution in [1.29, 1.82) is 0 Å². The molecule has 2 aromatic carbocycles. The number of aryl methyl sites for hydroxylation is 1. The highest BCUT2D eigenvalue weighted by molar-refractivity contribution is 7.92. The molecule has 0 aliphatic carbocycles. The van der Waals surface area contributed by atoms with Gasteiger partial charge in [0.25, 0.3) is 15.9 Å². The highest BCUT2D eigenvalue weighted by Crippen LogP contribution is 2.26. The maximum Gasteiger partial charge on any atom is 0.264 e. The fraction of sp³-hybridized carbons (Fsp3) is 0.350. The lowest BCUT2D eigenvalue weighted by Crippen LogP contribution is -2.40. The summed E-state index contributed by atoms with van der Waals surface area (Å²) in [5, 5.41) is 2.86. The molecule has 0 heterocycles. The van der Waals surface area contributed by atoms with Crippen molar-refractivity contribution in [3.8, 4) is 0 Å². The number of benzene rings is 2. The van der Waals surface area contributed by atoms with Gasteiger partial charge in [-0.1, -0.05) is 24.3 Å². The zero-order valence-electron chi connectivity index (χ0n) is 15.9. The van der Waals surface area contributed by atoms with Crippen LogP contribution in [0.3, 0.4) is 0 Å². The minimum Gasteiger partial charge on any atom is -0.347 e. The van der Waals surface area contributed by atoms with E-state index >= 15 is 0 Å². The van der Waals surface area contributed by atoms with E-state index in [-0.39, 0.29) is 10.8 Å². The summed E-state index contributed by atoms with van der Waals surface area (Å²) in [5.41, 5.74) is 1.12. The Kier molecular flexibility index (Phi) is 5.76. The number of nitrogens with zero attached hydrogens (tertiary/aromatic N) is 1. The zero-order chi connectivity index (χ0) is 19.5. The molecule has 0 saturated carbocycles. The average molecular weight is 375 g/mol. The number of carbonyl (C=O) groups is 1. The summed E-state index contributed by atoms with van der Waals surface area (Å²) in [4.78, 5) is 12.6. The number of sulfonamides is 1. The Morgan fingerprint density at radius 1 is 1.08 bits per heavy atom. The zero-order valence-corrected chi connectivity index (χ0v) is 16.7. The number of nitrogens with one attached hydrogen (secondary N) is 1. The van der Waals surface area contributed by atoms with E-state index in [4.69, 9.17) is 0 Å². The van der Waals surface area contributed by atoms with Crippen LogP contribution < -0.4 is 9.62 Å². The van der Waals surface area contributed by atoms with Gasteiger partial charge in [-0.3, -0.25) is 9.10 Å². The average Bonchev–Trinajstić information content (AvgIpc) is 2.54. The van der Waals surface area contributed by atoms with Gasteiger partial charge in [-0.05, 0) is 64.4 Å². The second-order valence-electron chi connectivity index (χ2n) is 7.19. The van der Waals surface area contributed by atoms with Crippen molar-refractivity contribution in [2.24, 2.45) is 0 Å². The first-order valence-corrected chi connectivity index (χ1v) is 10.0. The van der Waals surface area contributed by atoms with Crippen molar-refractivity contribution < 1.29 is 13.2 Å². The van der Waals surface area contributed by atoms with Crippen LogP contribution in [-0.4, -0.2) is 26.4 Å². The van der Waals surface area contributed by atoms with E-state index in [1.54, 1.807) is 50.2 Å². The number of hydrogen-bond acceptors (Lipinski definition) is 3. The molecule has 0 aliphatic heterocycles. The van der Waals surface area contributed by atoms with Crippen LogP contribution in [-0.2, 0) is 10.0 Å². The van der Waals surface area contributed by atoms with Crippen LogP contribution in [0, 0.1) is 6.92 Å². The third-order valence-corrected chi connectivity index (χ3v) is 5.88. The van der Waals surface area contributed by atoms with Gasteiger partial charge in [0.15, 0.2) is 0 Å². The van der Waals surface area contributed by atoms with Crippen LogP contribution in [0.1, 0.15) is 43.6 Å². The van der Waals surface area contributed by atoms with E-state index in [0.29, 0.717) is 23.4 Å². The monoisotopic (exact) mass is 374 g/mol. The van der Waals surface area contributed by atoms with Crippen molar-refractivity contribution in [3.63, 3.8) is 0 Å². The summed E-state index contributed by atoms with van der Waals surface area (Å²) in [6, 6.07) is 13.7. The lowest BCUT2D eigenvalue weighted by molar-refractivity contribution is 0.0919. The normalized spacial score (nSPS) is 11.9. The molecular formula is C20H26N2O3S. The van der Waals surface area contributed by atoms with Crippen LogP contribution >= 0.6 is 0 Å². The van der Waals surface area contributed by atoms with Crippen LogP contribution in [0.5, 0.6) is 0 Å². The highest BCUT2D eigenvalue weighted by Gasteiger charge is 2.26. The molecule has 0 saturated heterocycles. The Hall–Kier alpha value is -2.34. The molecule has 0 bridgehead atoms. The third kappa shape index (κ3) is 4.43. The molecule has 0 radical (unpaired) electrons. The number of carbonyl (C=O) groups excluding carboxylic acids is 1. The van der Waals surface area contributed by atoms with Crippen molar-refractivity contribution in [1.82, 2.24) is 5.32 Å². The largest absolute Gasteiger partial charge is 0.347 e. The number of anilines is 1. The minimum atomic E-state index is -3.78. The van der Waals surface area contributed by atoms with Crippen LogP contribution in [0.15, 0.2) is 53.4 Å². The van der Waals surface area contributed by atoms with E-state index < -0.39 is 15.6 Å². The van der Waals surface area contributed by atoms with Gasteiger partial charge in [-0.25, -0.2) is 8.42 Å². The first-order valence-electron chi connectivity index (χ1n) is 8.57. The second-order valence-corrected chi connectivity index (χ2v) is 9.02. The molecule has 6 heteroatoms. The van der Waals surface area contributed by atoms with Crippen molar-refractivity contribution in [3.05, 3.63) is 59.7 Å². The van der Waals surface area contributed by atoms with Crippen LogP contribution in [0.4, 0.5) is 5.69 Å². The predicted molar refractivity (Wildman–Crippen MR) is 105 cm³/mol. The van der Waals surface area contributed by atoms with Crippen molar-refractivity contribution in [2.45, 2.75) is 45.1 Å². The Bertz CT molecular complexity index is 885. The summed E-state index contributed by atoms with van der Waals surface area (Å²) >= 11 is 0. The summed E-state index contributed by atoms with van der Waals surface area (Å²) in [7, 11) is -3.78. The molecule has 0 fully saturated rings. The van der Waals surface area contributed by atoms with Gasteiger partial charge in [0.05, 0.1) is 10.6 Å². The molecule has 1 amide bonds. The van der Waals surface area contributed by atoms with Gasteiger partial charge >= 0.3 is 0 Å². The molecule has 2 aromatic rings. The molecular weight excluding hydrogens is 348 g/mol. The van der Waals surface area contributed by atoms with Gasteiger partial charge in [0.2, 0.25) is 0 Å². The Morgan fingerprint density at radius 3 is 2.23 bits per heavy atom. The maximum absolute atomic E-state index is 13.2. The second kappa shape index (κ2) is 7.50. The van der Waals surface area contributed by atoms with Crippen molar-refractivity contribution >= 4 is 21.6 Å². The topological polar surface area (TPSA) is 66.5 Å². The SMILES string of the molecule is CCN(c1ccccc1)S(=O)(=O)c1cc(C(=O)NC(C)(C)C)ccc1C. The quantitative estimate of drug-likeness (QED) is 0.867. The predicted octanol–water partition coefficient (Wildman–Crippen LogP) is 3.74. The molecule has 140 valence electrons. The molecule has 0 aromatic heterocycles. The fourth-order valence-electron chi connectivity index (χ4n) is 2.64. The Morgan fingerprint density at radius 2 is 1.69 bits per heavy atom. The van der Waals surface area contributed by atoms with Crippen LogP contribution in [0.25, 0.3) is 0 Å². The van der Waals surface area contributed by atoms with E-state index in [1.165, 1.54) is 10.4 Å². The Labute approximate surface area is 156 Å². The van der Waals surface area contributed by atoms with E-state index in [0.717, 1.165) is 0 Å². The fourth-order valence-corrected chi connectivity index (χ4v) is 4.36. The summed E-state index contributed by atoms with van der Waals surface area (Å²) < 4.78 is 27.8. The molecule has 26 heavy (non-hydrogen) atoms. The smallest absolute Gasteiger partial charge is 0.264 e. The molecule has 2 rings (SSSR count). The molecule has 0 unspecified atom stereocenters. The standard InChI is InChI=1S/C20H26N2O3S/c1-6-22(17-10-8-7-9-11-17)26(24,25)18-14-16(13-12-15(18)2)19(23)21-20(3,4)5/h7-14H,6H2,1-5H3,(H,21,23). The summed E-state index contributed by atoms with van der Waals surface area (Å²) in [5.74, 6) is -0.295. The molecule has 0 atom stereocenters. The molecule has 0 spiro atoms. The first-order chi connectivity index (χ1) is 12.1. The summed E-state index contributed by atoms with van der Waals surface area (Å²) in [6.45, 7) is 9.46. The number of hydrogen-bond donors (Lipinski definition) is 1. The lowest BCUT2D eigenvalue weighted by Gasteiger charge is -2.24.